The van der Waals surface area contributed by atoms with Crippen LogP contribution in [0.15, 0.2) is 30.3 Å². The summed E-state index contributed by atoms with van der Waals surface area (Å²) >= 11 is 0. The predicted octanol–water partition coefficient (Wildman–Crippen LogP) is 1.12. The number of alkyl carbamates (subject to hydrolysis) is 1. The van der Waals surface area contributed by atoms with Crippen molar-refractivity contribution in [3.05, 3.63) is 35.9 Å². The highest BCUT2D eigenvalue weighted by molar-refractivity contribution is 5.67. The van der Waals surface area contributed by atoms with Gasteiger partial charge in [-0.05, 0) is 5.56 Å². The van der Waals surface area contributed by atoms with Crippen molar-refractivity contribution in [1.29, 1.82) is 0 Å². The van der Waals surface area contributed by atoms with Gasteiger partial charge < -0.3 is 86.8 Å². The van der Waals surface area contributed by atoms with Gasteiger partial charge in [-0.2, -0.15) is 0 Å². The van der Waals surface area contributed by atoms with Crippen LogP contribution in [-0.4, -0.2) is 217 Å². The molecule has 1 aromatic carbocycles. The Morgan fingerprint density at radius 1 is 0.356 bits per heavy atom. The van der Waals surface area contributed by atoms with Crippen molar-refractivity contribution >= 4 is 6.09 Å². The van der Waals surface area contributed by atoms with Crippen molar-refractivity contribution < 1.29 is 80.6 Å². The average Bonchev–Trinajstić information content (AvgIpc) is 3.25. The first kappa shape index (κ1) is 54.9. The molecule has 0 unspecified atom stereocenters. The summed E-state index contributed by atoms with van der Waals surface area (Å²) in [6.45, 7) is 15.8. The van der Waals surface area contributed by atoms with Gasteiger partial charge in [-0.15, -0.1) is 0 Å². The second kappa shape index (κ2) is 48.5. The Morgan fingerprint density at radius 3 is 0.847 bits per heavy atom. The molecule has 0 atom stereocenters. The van der Waals surface area contributed by atoms with Gasteiger partial charge in [0.1, 0.15) is 6.61 Å². The molecule has 0 saturated carbocycles. The Balaban J connectivity index is 1.61. The van der Waals surface area contributed by atoms with E-state index in [1.165, 1.54) is 0 Å². The minimum absolute atomic E-state index is 0.234. The zero-order valence-electron chi connectivity index (χ0n) is 35.2. The number of carbonyl (C=O) groups is 1. The van der Waals surface area contributed by atoms with Crippen molar-refractivity contribution in [3.63, 3.8) is 0 Å². The Bertz CT molecular complexity index is 961. The van der Waals surface area contributed by atoms with E-state index in [1.54, 1.807) is 0 Å². The molecule has 0 aliphatic carbocycles. The van der Waals surface area contributed by atoms with Crippen molar-refractivity contribution in [3.8, 4) is 0 Å². The van der Waals surface area contributed by atoms with Crippen molar-refractivity contribution in [2.24, 2.45) is 5.73 Å². The maximum atomic E-state index is 11.7. The molecule has 3 N–H and O–H groups in total. The minimum atomic E-state index is -0.472. The van der Waals surface area contributed by atoms with E-state index in [-0.39, 0.29) is 6.61 Å². The summed E-state index contributed by atoms with van der Waals surface area (Å²) in [5.41, 5.74) is 6.27. The van der Waals surface area contributed by atoms with E-state index in [0.717, 1.165) is 5.56 Å². The number of rotatable bonds is 49. The van der Waals surface area contributed by atoms with Gasteiger partial charge in [-0.1, -0.05) is 30.3 Å². The van der Waals surface area contributed by atoms with E-state index >= 15 is 0 Å². The highest BCUT2D eigenvalue weighted by Gasteiger charge is 2.02. The van der Waals surface area contributed by atoms with Crippen LogP contribution >= 0.6 is 0 Å². The lowest BCUT2D eigenvalue weighted by atomic mass is 10.2. The van der Waals surface area contributed by atoms with Crippen LogP contribution in [0.3, 0.4) is 0 Å². The third kappa shape index (κ3) is 45.2. The predicted molar refractivity (Wildman–Crippen MR) is 216 cm³/mol. The molecule has 1 amide bonds. The van der Waals surface area contributed by atoms with E-state index in [4.69, 9.17) is 81.5 Å². The molecular formula is C40H74N2O17. The van der Waals surface area contributed by atoms with Gasteiger partial charge in [0, 0.05) is 13.1 Å². The van der Waals surface area contributed by atoms with Crippen LogP contribution in [0.2, 0.25) is 0 Å². The topological polar surface area (TPSA) is 203 Å². The second-order valence-electron chi connectivity index (χ2n) is 12.0. The monoisotopic (exact) mass is 854 g/mol. The highest BCUT2D eigenvalue weighted by Crippen LogP contribution is 2.00. The zero-order valence-corrected chi connectivity index (χ0v) is 35.2. The van der Waals surface area contributed by atoms with E-state index in [2.05, 4.69) is 5.32 Å². The number of amides is 1. The quantitative estimate of drug-likeness (QED) is 0.0882. The van der Waals surface area contributed by atoms with Crippen molar-refractivity contribution in [1.82, 2.24) is 5.32 Å². The summed E-state index contributed by atoms with van der Waals surface area (Å²) in [5, 5.41) is 2.64. The zero-order chi connectivity index (χ0) is 42.0. The molecule has 0 aliphatic heterocycles. The number of carbonyl (C=O) groups excluding carboxylic acids is 1. The summed E-state index contributed by atoms with van der Waals surface area (Å²) in [4.78, 5) is 11.7. The third-order valence-electron chi connectivity index (χ3n) is 7.20. The van der Waals surface area contributed by atoms with Gasteiger partial charge >= 0.3 is 6.09 Å². The van der Waals surface area contributed by atoms with Gasteiger partial charge in [0.2, 0.25) is 0 Å². The SMILES string of the molecule is NCCOCCOCCOCCOCCOCCOCCOCCOCCOCCOCCOCCOCCOCCOCCOCCNC(=O)OCc1ccccc1. The minimum Gasteiger partial charge on any atom is -0.445 e. The lowest BCUT2D eigenvalue weighted by Crippen LogP contribution is -2.28. The summed E-state index contributed by atoms with van der Waals surface area (Å²) in [6, 6.07) is 9.50. The molecular weight excluding hydrogens is 780 g/mol. The molecule has 0 aromatic heterocycles. The number of nitrogens with two attached hydrogens (primary N) is 1. The summed E-state index contributed by atoms with van der Waals surface area (Å²) in [7, 11) is 0. The number of hydrogen-bond donors (Lipinski definition) is 2. The maximum absolute atomic E-state index is 11.7. The van der Waals surface area contributed by atoms with Crippen LogP contribution in [0.5, 0.6) is 0 Å². The lowest BCUT2D eigenvalue weighted by Gasteiger charge is -2.09. The van der Waals surface area contributed by atoms with Crippen LogP contribution in [-0.2, 0) is 82.4 Å². The van der Waals surface area contributed by atoms with Gasteiger partial charge in [0.15, 0.2) is 0 Å². The van der Waals surface area contributed by atoms with Gasteiger partial charge in [-0.3, -0.25) is 0 Å². The second-order valence-corrected chi connectivity index (χ2v) is 12.0. The van der Waals surface area contributed by atoms with E-state index < -0.39 is 6.09 Å². The molecule has 346 valence electrons. The fraction of sp³-hybridized carbons (Fsp3) is 0.825. The molecule has 1 aromatic rings. The summed E-state index contributed by atoms with van der Waals surface area (Å²) in [5.74, 6) is 0. The fourth-order valence-corrected chi connectivity index (χ4v) is 4.26. The highest BCUT2D eigenvalue weighted by atomic mass is 16.6. The lowest BCUT2D eigenvalue weighted by molar-refractivity contribution is -0.0300. The van der Waals surface area contributed by atoms with E-state index in [9.17, 15) is 4.79 Å². The Labute approximate surface area is 351 Å². The summed E-state index contributed by atoms with van der Waals surface area (Å²) < 4.78 is 86.9. The van der Waals surface area contributed by atoms with Crippen LogP contribution < -0.4 is 11.1 Å². The molecule has 0 bridgehead atoms. The Hall–Kier alpha value is -2.15. The number of hydrogen-bond acceptors (Lipinski definition) is 18. The molecule has 19 heteroatoms. The van der Waals surface area contributed by atoms with Crippen LogP contribution in [0.4, 0.5) is 4.79 Å². The molecule has 0 radical (unpaired) electrons. The Morgan fingerprint density at radius 2 is 0.593 bits per heavy atom. The number of ether oxygens (including phenoxy) is 16. The van der Waals surface area contributed by atoms with Crippen LogP contribution in [0, 0.1) is 0 Å². The summed E-state index contributed by atoms with van der Waals surface area (Å²) in [6.07, 6.45) is -0.472. The van der Waals surface area contributed by atoms with E-state index in [0.29, 0.717) is 211 Å². The molecule has 0 spiro atoms. The smallest absolute Gasteiger partial charge is 0.407 e. The first-order chi connectivity index (χ1) is 29.3. The van der Waals surface area contributed by atoms with Gasteiger partial charge in [-0.25, -0.2) is 4.79 Å². The average molecular weight is 855 g/mol. The number of benzene rings is 1. The molecule has 0 fully saturated rings. The van der Waals surface area contributed by atoms with Crippen molar-refractivity contribution in [2.45, 2.75) is 6.61 Å². The maximum Gasteiger partial charge on any atom is 0.407 e. The molecule has 0 saturated heterocycles. The third-order valence-corrected chi connectivity index (χ3v) is 7.20. The largest absolute Gasteiger partial charge is 0.445 e. The molecule has 1 rings (SSSR count). The van der Waals surface area contributed by atoms with Gasteiger partial charge in [0.25, 0.3) is 0 Å². The standard InChI is InChI=1S/C40H74N2O17/c41-6-8-44-10-12-46-14-16-48-18-20-50-22-24-52-26-28-54-30-32-56-34-36-58-37-35-57-33-31-55-29-27-53-25-23-51-21-19-49-17-15-47-13-11-45-9-7-42-40(43)59-38-39-4-2-1-3-5-39/h1-5H,6-38,41H2,(H,42,43). The first-order valence-electron chi connectivity index (χ1n) is 20.6. The normalized spacial score (nSPS) is 11.4. The van der Waals surface area contributed by atoms with Crippen LogP contribution in [0.25, 0.3) is 0 Å². The molecule has 0 aliphatic rings. The number of nitrogens with one attached hydrogen (secondary N) is 1. The fourth-order valence-electron chi connectivity index (χ4n) is 4.26. The van der Waals surface area contributed by atoms with Gasteiger partial charge in [0.05, 0.1) is 198 Å². The first-order valence-corrected chi connectivity index (χ1v) is 20.6. The molecule has 19 nitrogen and oxygen atoms in total. The van der Waals surface area contributed by atoms with E-state index in [1.807, 2.05) is 30.3 Å². The van der Waals surface area contributed by atoms with Crippen LogP contribution in [0.1, 0.15) is 5.56 Å². The molecule has 59 heavy (non-hydrogen) atoms. The molecule has 0 heterocycles. The van der Waals surface area contributed by atoms with Crippen molar-refractivity contribution in [2.75, 3.05) is 211 Å². The Kier molecular flexibility index (Phi) is 45.1.